The van der Waals surface area contributed by atoms with Crippen molar-refractivity contribution in [3.63, 3.8) is 0 Å². The Hall–Kier alpha value is -4.31. The molecular formula is C27H18N2O2. The monoisotopic (exact) mass is 402 g/mol. The van der Waals surface area contributed by atoms with Crippen molar-refractivity contribution in [3.05, 3.63) is 109 Å². The van der Waals surface area contributed by atoms with Gasteiger partial charge < -0.3 is 4.42 Å². The second-order valence-electron chi connectivity index (χ2n) is 7.17. The predicted octanol–water partition coefficient (Wildman–Crippen LogP) is 6.55. The van der Waals surface area contributed by atoms with Gasteiger partial charge in [0.1, 0.15) is 6.29 Å². The molecule has 0 radical (unpaired) electrons. The van der Waals surface area contributed by atoms with Crippen LogP contribution in [-0.4, -0.2) is 16.5 Å². The summed E-state index contributed by atoms with van der Waals surface area (Å²) in [6, 6.07) is 33.7. The fourth-order valence-electron chi connectivity index (χ4n) is 3.45. The summed E-state index contributed by atoms with van der Waals surface area (Å²) in [4.78, 5) is 10.8. The van der Waals surface area contributed by atoms with Crippen molar-refractivity contribution in [2.45, 2.75) is 0 Å². The highest BCUT2D eigenvalue weighted by atomic mass is 16.4. The summed E-state index contributed by atoms with van der Waals surface area (Å²) in [5.41, 5.74) is 6.80. The second kappa shape index (κ2) is 8.20. The first-order valence-electron chi connectivity index (χ1n) is 9.95. The number of benzene rings is 4. The molecule has 31 heavy (non-hydrogen) atoms. The van der Waals surface area contributed by atoms with Gasteiger partial charge in [-0.25, -0.2) is 0 Å². The first-order chi connectivity index (χ1) is 15.3. The summed E-state index contributed by atoms with van der Waals surface area (Å²) in [6.07, 6.45) is 0.843. The summed E-state index contributed by atoms with van der Waals surface area (Å²) in [7, 11) is 0. The molecule has 5 aromatic rings. The molecule has 0 N–H and O–H groups in total. The van der Waals surface area contributed by atoms with E-state index in [2.05, 4.69) is 34.5 Å². The van der Waals surface area contributed by atoms with Crippen LogP contribution in [0.1, 0.15) is 10.4 Å². The van der Waals surface area contributed by atoms with E-state index < -0.39 is 0 Å². The third-order valence-corrected chi connectivity index (χ3v) is 5.18. The Morgan fingerprint density at radius 2 is 0.871 bits per heavy atom. The third kappa shape index (κ3) is 3.91. The van der Waals surface area contributed by atoms with Gasteiger partial charge in [0.15, 0.2) is 0 Å². The van der Waals surface area contributed by atoms with E-state index in [4.69, 9.17) is 4.42 Å². The van der Waals surface area contributed by atoms with Crippen LogP contribution in [0.5, 0.6) is 0 Å². The van der Waals surface area contributed by atoms with Crippen LogP contribution in [0.3, 0.4) is 0 Å². The molecule has 1 heterocycles. The van der Waals surface area contributed by atoms with Crippen molar-refractivity contribution in [1.29, 1.82) is 0 Å². The smallest absolute Gasteiger partial charge is 0.248 e. The zero-order valence-corrected chi connectivity index (χ0v) is 16.6. The van der Waals surface area contributed by atoms with Crippen molar-refractivity contribution in [2.75, 3.05) is 0 Å². The van der Waals surface area contributed by atoms with E-state index in [-0.39, 0.29) is 0 Å². The lowest BCUT2D eigenvalue weighted by Crippen LogP contribution is -1.82. The SMILES string of the molecule is O=Cc1ccc(-c2ccc(-c3nnc(-c4ccc(-c5ccccc5)cc4)o3)cc2)cc1. The van der Waals surface area contributed by atoms with Crippen LogP contribution in [0.15, 0.2) is 108 Å². The second-order valence-corrected chi connectivity index (χ2v) is 7.17. The molecule has 4 nitrogen and oxygen atoms in total. The Labute approximate surface area is 179 Å². The molecule has 0 bridgehead atoms. The normalized spacial score (nSPS) is 10.7. The minimum absolute atomic E-state index is 0.477. The Bertz CT molecular complexity index is 1300. The van der Waals surface area contributed by atoms with Crippen molar-refractivity contribution in [2.24, 2.45) is 0 Å². The molecule has 4 aromatic carbocycles. The molecule has 5 rings (SSSR count). The van der Waals surface area contributed by atoms with Crippen molar-refractivity contribution >= 4 is 6.29 Å². The van der Waals surface area contributed by atoms with E-state index in [1.165, 1.54) is 5.56 Å². The van der Waals surface area contributed by atoms with Gasteiger partial charge in [-0.05, 0) is 46.5 Å². The van der Waals surface area contributed by atoms with Crippen LogP contribution >= 0.6 is 0 Å². The number of hydrogen-bond acceptors (Lipinski definition) is 4. The van der Waals surface area contributed by atoms with Gasteiger partial charge in [0.25, 0.3) is 0 Å². The van der Waals surface area contributed by atoms with Gasteiger partial charge in [0.2, 0.25) is 11.8 Å². The maximum absolute atomic E-state index is 10.8. The number of aldehydes is 1. The fourth-order valence-corrected chi connectivity index (χ4v) is 3.45. The average molecular weight is 402 g/mol. The molecule has 0 saturated carbocycles. The molecule has 0 aliphatic rings. The van der Waals surface area contributed by atoms with Crippen molar-refractivity contribution in [3.8, 4) is 45.2 Å². The van der Waals surface area contributed by atoms with Crippen molar-refractivity contribution < 1.29 is 9.21 Å². The first kappa shape index (κ1) is 18.7. The Morgan fingerprint density at radius 1 is 0.484 bits per heavy atom. The lowest BCUT2D eigenvalue weighted by Gasteiger charge is -2.03. The van der Waals surface area contributed by atoms with E-state index in [1.807, 2.05) is 78.9 Å². The topological polar surface area (TPSA) is 56.0 Å². The number of nitrogens with zero attached hydrogens (tertiary/aromatic N) is 2. The van der Waals surface area contributed by atoms with E-state index >= 15 is 0 Å². The lowest BCUT2D eigenvalue weighted by molar-refractivity contribution is 0.112. The van der Waals surface area contributed by atoms with E-state index in [0.717, 1.165) is 34.1 Å². The van der Waals surface area contributed by atoms with Gasteiger partial charge >= 0.3 is 0 Å². The van der Waals surface area contributed by atoms with Crippen LogP contribution in [0.4, 0.5) is 0 Å². The molecular weight excluding hydrogens is 384 g/mol. The highest BCUT2D eigenvalue weighted by Crippen LogP contribution is 2.28. The Morgan fingerprint density at radius 3 is 1.32 bits per heavy atom. The van der Waals surface area contributed by atoms with Crippen molar-refractivity contribution in [1.82, 2.24) is 10.2 Å². The third-order valence-electron chi connectivity index (χ3n) is 5.18. The van der Waals surface area contributed by atoms with Gasteiger partial charge in [0, 0.05) is 16.7 Å². The molecule has 0 spiro atoms. The van der Waals surface area contributed by atoms with Crippen LogP contribution < -0.4 is 0 Å². The summed E-state index contributed by atoms with van der Waals surface area (Å²) in [5.74, 6) is 0.966. The first-order valence-corrected chi connectivity index (χ1v) is 9.95. The summed E-state index contributed by atoms with van der Waals surface area (Å²) in [5, 5.41) is 8.43. The number of carbonyl (C=O) groups is 1. The van der Waals surface area contributed by atoms with E-state index in [9.17, 15) is 4.79 Å². The summed E-state index contributed by atoms with van der Waals surface area (Å²) in [6.45, 7) is 0. The summed E-state index contributed by atoms with van der Waals surface area (Å²) >= 11 is 0. The highest BCUT2D eigenvalue weighted by Gasteiger charge is 2.11. The molecule has 4 heteroatoms. The van der Waals surface area contributed by atoms with Crippen LogP contribution in [0.25, 0.3) is 45.2 Å². The number of rotatable bonds is 5. The molecule has 0 saturated heterocycles. The maximum atomic E-state index is 10.8. The molecule has 148 valence electrons. The lowest BCUT2D eigenvalue weighted by atomic mass is 10.0. The van der Waals surface area contributed by atoms with Gasteiger partial charge in [-0.3, -0.25) is 4.79 Å². The molecule has 0 unspecified atom stereocenters. The standard InChI is InChI=1S/C27H18N2O2/c30-18-19-6-8-21(9-7-19)23-12-16-25(17-13-23)27-29-28-26(31-27)24-14-10-22(11-15-24)20-4-2-1-3-5-20/h1-18H. The van der Waals surface area contributed by atoms with Crippen LogP contribution in [-0.2, 0) is 0 Å². The van der Waals surface area contributed by atoms with Gasteiger partial charge in [-0.15, -0.1) is 10.2 Å². The Balaban J connectivity index is 1.36. The number of hydrogen-bond donors (Lipinski definition) is 0. The molecule has 1 aromatic heterocycles. The molecule has 0 atom stereocenters. The van der Waals surface area contributed by atoms with Gasteiger partial charge in [-0.2, -0.15) is 0 Å². The largest absolute Gasteiger partial charge is 0.416 e. The number of carbonyl (C=O) groups excluding carboxylic acids is 1. The summed E-state index contributed by atoms with van der Waals surface area (Å²) < 4.78 is 5.92. The zero-order chi connectivity index (χ0) is 21.0. The quantitative estimate of drug-likeness (QED) is 0.313. The molecule has 0 fully saturated rings. The average Bonchev–Trinajstić information content (AvgIpc) is 3.35. The highest BCUT2D eigenvalue weighted by molar-refractivity contribution is 5.77. The van der Waals surface area contributed by atoms with Gasteiger partial charge in [0.05, 0.1) is 0 Å². The van der Waals surface area contributed by atoms with Gasteiger partial charge in [-0.1, -0.05) is 78.9 Å². The predicted molar refractivity (Wildman–Crippen MR) is 121 cm³/mol. The zero-order valence-electron chi connectivity index (χ0n) is 16.6. The van der Waals surface area contributed by atoms with Crippen LogP contribution in [0, 0.1) is 0 Å². The van der Waals surface area contributed by atoms with Crippen LogP contribution in [0.2, 0.25) is 0 Å². The fraction of sp³-hybridized carbons (Fsp3) is 0. The molecule has 0 aliphatic heterocycles. The minimum Gasteiger partial charge on any atom is -0.416 e. The molecule has 0 aliphatic carbocycles. The van der Waals surface area contributed by atoms with E-state index in [1.54, 1.807) is 0 Å². The molecule has 0 amide bonds. The van der Waals surface area contributed by atoms with E-state index in [0.29, 0.717) is 17.3 Å². The number of aromatic nitrogens is 2. The maximum Gasteiger partial charge on any atom is 0.248 e. The Kier molecular flexibility index (Phi) is 4.95. The minimum atomic E-state index is 0.477.